The molecule has 2 saturated heterocycles. The minimum atomic E-state index is -0.467. The minimum Gasteiger partial charge on any atom is -0.395 e. The van der Waals surface area contributed by atoms with Crippen molar-refractivity contribution in [3.63, 3.8) is 0 Å². The zero-order valence-electron chi connectivity index (χ0n) is 13.6. The van der Waals surface area contributed by atoms with Crippen LogP contribution in [0.3, 0.4) is 0 Å². The Hall–Kier alpha value is -1.70. The number of rotatable bonds is 4. The summed E-state index contributed by atoms with van der Waals surface area (Å²) in [6, 6.07) is 6.26. The van der Waals surface area contributed by atoms with Crippen LogP contribution in [0, 0.1) is 5.82 Å². The molecule has 1 aromatic carbocycles. The Kier molecular flexibility index (Phi) is 5.33. The summed E-state index contributed by atoms with van der Waals surface area (Å²) in [5, 5.41) is 19.0. The number of amides is 1. The SMILES string of the molecule is O=C(CN1C[C@H](O)C[C@H]1CO)N1CCN(c2ccc(F)cc2)CC1. The van der Waals surface area contributed by atoms with Gasteiger partial charge in [-0.25, -0.2) is 4.39 Å². The number of piperazine rings is 1. The van der Waals surface area contributed by atoms with Gasteiger partial charge in [-0.3, -0.25) is 9.69 Å². The molecule has 2 atom stereocenters. The van der Waals surface area contributed by atoms with Gasteiger partial charge in [0, 0.05) is 44.5 Å². The summed E-state index contributed by atoms with van der Waals surface area (Å²) in [6.07, 6.45) is 0.0487. The maximum absolute atomic E-state index is 13.0. The molecule has 24 heavy (non-hydrogen) atoms. The largest absolute Gasteiger partial charge is 0.395 e. The van der Waals surface area contributed by atoms with Gasteiger partial charge < -0.3 is 20.0 Å². The molecule has 0 unspecified atom stereocenters. The van der Waals surface area contributed by atoms with Crippen LogP contribution in [0.4, 0.5) is 10.1 Å². The molecule has 2 fully saturated rings. The van der Waals surface area contributed by atoms with E-state index in [9.17, 15) is 19.4 Å². The van der Waals surface area contributed by atoms with Gasteiger partial charge in [0.2, 0.25) is 5.91 Å². The van der Waals surface area contributed by atoms with E-state index in [1.807, 2.05) is 9.80 Å². The maximum atomic E-state index is 13.0. The van der Waals surface area contributed by atoms with Crippen molar-refractivity contribution in [2.45, 2.75) is 18.6 Å². The summed E-state index contributed by atoms with van der Waals surface area (Å²) in [4.78, 5) is 18.3. The van der Waals surface area contributed by atoms with Crippen molar-refractivity contribution >= 4 is 11.6 Å². The molecule has 0 aromatic heterocycles. The van der Waals surface area contributed by atoms with Crippen LogP contribution in [0.2, 0.25) is 0 Å². The molecule has 1 amide bonds. The number of carbonyl (C=O) groups excluding carboxylic acids is 1. The van der Waals surface area contributed by atoms with E-state index in [1.165, 1.54) is 12.1 Å². The van der Waals surface area contributed by atoms with Crippen molar-refractivity contribution in [2.75, 3.05) is 50.8 Å². The number of anilines is 1. The fourth-order valence-electron chi connectivity index (χ4n) is 3.48. The van der Waals surface area contributed by atoms with Crippen LogP contribution in [-0.2, 0) is 4.79 Å². The van der Waals surface area contributed by atoms with Crippen LogP contribution in [-0.4, -0.2) is 83.9 Å². The highest BCUT2D eigenvalue weighted by molar-refractivity contribution is 5.78. The minimum absolute atomic E-state index is 0.0290. The zero-order valence-corrected chi connectivity index (χ0v) is 13.6. The Morgan fingerprint density at radius 1 is 1.17 bits per heavy atom. The summed E-state index contributed by atoms with van der Waals surface area (Å²) in [6.45, 7) is 3.30. The van der Waals surface area contributed by atoms with Gasteiger partial charge in [-0.15, -0.1) is 0 Å². The van der Waals surface area contributed by atoms with E-state index in [0.717, 1.165) is 5.69 Å². The monoisotopic (exact) mass is 337 g/mol. The molecule has 6 nitrogen and oxygen atoms in total. The predicted octanol–water partition coefficient (Wildman–Crippen LogP) is -0.0982. The lowest BCUT2D eigenvalue weighted by molar-refractivity contribution is -0.133. The van der Waals surface area contributed by atoms with E-state index in [1.54, 1.807) is 12.1 Å². The molecule has 0 radical (unpaired) electrons. The van der Waals surface area contributed by atoms with Crippen molar-refractivity contribution in [2.24, 2.45) is 0 Å². The molecule has 0 bridgehead atoms. The molecule has 1 aromatic rings. The second kappa shape index (κ2) is 7.46. The lowest BCUT2D eigenvalue weighted by Crippen LogP contribution is -2.52. The third kappa shape index (κ3) is 3.85. The first-order valence-electron chi connectivity index (χ1n) is 8.38. The number of hydrogen-bond acceptors (Lipinski definition) is 5. The number of likely N-dealkylation sites (tertiary alicyclic amines) is 1. The van der Waals surface area contributed by atoms with Crippen LogP contribution >= 0.6 is 0 Å². The molecule has 0 spiro atoms. The fraction of sp³-hybridized carbons (Fsp3) is 0.588. The Morgan fingerprint density at radius 3 is 2.46 bits per heavy atom. The van der Waals surface area contributed by atoms with Gasteiger partial charge in [-0.1, -0.05) is 0 Å². The Bertz CT molecular complexity index is 561. The summed E-state index contributed by atoms with van der Waals surface area (Å²) in [7, 11) is 0. The number of aliphatic hydroxyl groups excluding tert-OH is 2. The number of aliphatic hydroxyl groups is 2. The van der Waals surface area contributed by atoms with Crippen LogP contribution in [0.25, 0.3) is 0 Å². The highest BCUT2D eigenvalue weighted by Gasteiger charge is 2.33. The van der Waals surface area contributed by atoms with E-state index in [4.69, 9.17) is 0 Å². The number of β-amino-alcohol motifs (C(OH)–C–C–N with tert-alkyl or cyclic N) is 1. The first-order chi connectivity index (χ1) is 11.6. The van der Waals surface area contributed by atoms with Crippen molar-refractivity contribution in [1.82, 2.24) is 9.80 Å². The van der Waals surface area contributed by atoms with Gasteiger partial charge in [-0.2, -0.15) is 0 Å². The molecule has 2 N–H and O–H groups in total. The first-order valence-corrected chi connectivity index (χ1v) is 8.38. The van der Waals surface area contributed by atoms with Crippen molar-refractivity contribution < 1.29 is 19.4 Å². The highest BCUT2D eigenvalue weighted by Crippen LogP contribution is 2.19. The van der Waals surface area contributed by atoms with Crippen LogP contribution in [0.15, 0.2) is 24.3 Å². The third-order valence-electron chi connectivity index (χ3n) is 4.88. The predicted molar refractivity (Wildman–Crippen MR) is 88.3 cm³/mol. The molecular weight excluding hydrogens is 313 g/mol. The molecule has 2 aliphatic heterocycles. The molecule has 0 aliphatic carbocycles. The lowest BCUT2D eigenvalue weighted by Gasteiger charge is -2.37. The Morgan fingerprint density at radius 2 is 1.83 bits per heavy atom. The molecule has 0 saturated carbocycles. The van der Waals surface area contributed by atoms with E-state index < -0.39 is 6.10 Å². The second-order valence-electron chi connectivity index (χ2n) is 6.50. The second-order valence-corrected chi connectivity index (χ2v) is 6.50. The average molecular weight is 337 g/mol. The van der Waals surface area contributed by atoms with E-state index in [-0.39, 0.29) is 30.9 Å². The fourth-order valence-corrected chi connectivity index (χ4v) is 3.48. The average Bonchev–Trinajstić information content (AvgIpc) is 2.95. The summed E-state index contributed by atoms with van der Waals surface area (Å²) >= 11 is 0. The van der Waals surface area contributed by atoms with Crippen molar-refractivity contribution in [3.8, 4) is 0 Å². The lowest BCUT2D eigenvalue weighted by atomic mass is 10.2. The van der Waals surface area contributed by atoms with Gasteiger partial charge in [0.05, 0.1) is 19.3 Å². The molecule has 3 rings (SSSR count). The summed E-state index contributed by atoms with van der Waals surface area (Å²) in [5.74, 6) is -0.222. The van der Waals surface area contributed by atoms with Gasteiger partial charge in [-0.05, 0) is 30.7 Å². The molecule has 2 aliphatic rings. The van der Waals surface area contributed by atoms with E-state index in [2.05, 4.69) is 4.90 Å². The smallest absolute Gasteiger partial charge is 0.236 e. The topological polar surface area (TPSA) is 67.2 Å². The van der Waals surface area contributed by atoms with Crippen LogP contribution in [0.5, 0.6) is 0 Å². The molecular formula is C17H24FN3O3. The zero-order chi connectivity index (χ0) is 17.1. The normalized spacial score (nSPS) is 25.3. The Balaban J connectivity index is 1.51. The number of nitrogens with zero attached hydrogens (tertiary/aromatic N) is 3. The van der Waals surface area contributed by atoms with Gasteiger partial charge >= 0.3 is 0 Å². The van der Waals surface area contributed by atoms with Gasteiger partial charge in [0.15, 0.2) is 0 Å². The maximum Gasteiger partial charge on any atom is 0.236 e. The van der Waals surface area contributed by atoms with Crippen LogP contribution in [0.1, 0.15) is 6.42 Å². The quantitative estimate of drug-likeness (QED) is 0.803. The highest BCUT2D eigenvalue weighted by atomic mass is 19.1. The first kappa shape index (κ1) is 17.1. The standard InChI is InChI=1S/C17H24FN3O3/c18-13-1-3-14(4-2-13)19-5-7-20(8-6-19)17(24)11-21-10-16(23)9-15(21)12-22/h1-4,15-16,22-23H,5-12H2/t15-,16+/m0/s1. The van der Waals surface area contributed by atoms with E-state index in [0.29, 0.717) is 39.1 Å². The van der Waals surface area contributed by atoms with Crippen molar-refractivity contribution in [1.29, 1.82) is 0 Å². The van der Waals surface area contributed by atoms with Crippen LogP contribution < -0.4 is 4.90 Å². The Labute approximate surface area is 141 Å². The van der Waals surface area contributed by atoms with Gasteiger partial charge in [0.1, 0.15) is 5.82 Å². The third-order valence-corrected chi connectivity index (χ3v) is 4.88. The molecule has 2 heterocycles. The number of carbonyl (C=O) groups is 1. The number of hydrogen-bond donors (Lipinski definition) is 2. The number of benzene rings is 1. The molecule has 132 valence electrons. The van der Waals surface area contributed by atoms with E-state index >= 15 is 0 Å². The van der Waals surface area contributed by atoms with Crippen molar-refractivity contribution in [3.05, 3.63) is 30.1 Å². The molecule has 7 heteroatoms. The number of halogens is 1. The summed E-state index contributed by atoms with van der Waals surface area (Å²) in [5.41, 5.74) is 0.964. The summed E-state index contributed by atoms with van der Waals surface area (Å²) < 4.78 is 13.0. The van der Waals surface area contributed by atoms with Gasteiger partial charge in [0.25, 0.3) is 0 Å².